The molecule has 0 aromatic carbocycles. The molecule has 1 aromatic rings. The zero-order valence-electron chi connectivity index (χ0n) is 11.9. The van der Waals surface area contributed by atoms with Crippen molar-refractivity contribution >= 4 is 17.5 Å². The molecule has 7 nitrogen and oxygen atoms in total. The molecule has 20 heavy (non-hydrogen) atoms. The lowest BCUT2D eigenvalue weighted by atomic mass is 10.2. The number of aromatic nitrogens is 2. The average molecular weight is 279 g/mol. The van der Waals surface area contributed by atoms with Crippen LogP contribution in [-0.2, 0) is 11.2 Å². The molecule has 0 atom stereocenters. The minimum Gasteiger partial charge on any atom is -0.395 e. The van der Waals surface area contributed by atoms with Crippen molar-refractivity contribution in [3.63, 3.8) is 0 Å². The monoisotopic (exact) mass is 279 g/mol. The quantitative estimate of drug-likeness (QED) is 0.696. The van der Waals surface area contributed by atoms with Crippen LogP contribution < -0.4 is 11.1 Å². The molecule has 1 saturated carbocycles. The number of aryl methyl sites for hydroxylation is 1. The second kappa shape index (κ2) is 5.94. The number of nitrogen functional groups attached to an aromatic ring is 1. The number of likely N-dealkylation sites (N-methyl/N-ethyl adjacent to an activating group) is 1. The molecule has 0 aliphatic heterocycles. The number of rotatable bonds is 6. The topological polar surface area (TPSA) is 104 Å². The molecule has 1 aliphatic rings. The predicted octanol–water partition coefficient (Wildman–Crippen LogP) is 0.295. The fraction of sp³-hybridized carbons (Fsp3) is 0.615. The number of hydrogen-bond donors (Lipinski definition) is 3. The molecule has 4 N–H and O–H groups in total. The first-order valence-electron chi connectivity index (χ1n) is 6.90. The van der Waals surface area contributed by atoms with Gasteiger partial charge in [0, 0.05) is 13.1 Å². The first-order chi connectivity index (χ1) is 9.52. The molecule has 1 fully saturated rings. The van der Waals surface area contributed by atoms with E-state index in [2.05, 4.69) is 15.5 Å². The number of nitrogens with one attached hydrogen (secondary N) is 2. The molecule has 0 bridgehead atoms. The standard InChI is InChI=1S/C13H21N5O2/c1-3-4-9-11(14)12(17-16-9)13(20)18(2)7-10(19)15-8-5-6-8/h8H,3-7,14H2,1-2H3,(H,15,19)(H,16,17). The van der Waals surface area contributed by atoms with Gasteiger partial charge in [0.2, 0.25) is 5.91 Å². The number of nitrogens with zero attached hydrogens (tertiary/aromatic N) is 2. The second-order valence-corrected chi connectivity index (χ2v) is 5.22. The van der Waals surface area contributed by atoms with Crippen LogP contribution in [0.25, 0.3) is 0 Å². The maximum absolute atomic E-state index is 12.2. The Bertz CT molecular complexity index is 507. The van der Waals surface area contributed by atoms with Crippen LogP contribution in [0.1, 0.15) is 42.4 Å². The summed E-state index contributed by atoms with van der Waals surface area (Å²) in [5.41, 5.74) is 7.25. The summed E-state index contributed by atoms with van der Waals surface area (Å²) in [6.45, 7) is 2.04. The molecule has 0 radical (unpaired) electrons. The smallest absolute Gasteiger partial charge is 0.276 e. The second-order valence-electron chi connectivity index (χ2n) is 5.22. The number of aromatic amines is 1. The van der Waals surface area contributed by atoms with Gasteiger partial charge in [-0.1, -0.05) is 13.3 Å². The SMILES string of the molecule is CCCc1[nH]nc(C(=O)N(C)CC(=O)NC2CC2)c1N. The minimum atomic E-state index is -0.341. The van der Waals surface area contributed by atoms with Crippen LogP contribution in [0.5, 0.6) is 0 Å². The Kier molecular flexibility index (Phi) is 4.26. The lowest BCUT2D eigenvalue weighted by Crippen LogP contribution is -2.39. The molecule has 1 heterocycles. The number of H-pyrrole nitrogens is 1. The highest BCUT2D eigenvalue weighted by atomic mass is 16.2. The summed E-state index contributed by atoms with van der Waals surface area (Å²) >= 11 is 0. The van der Waals surface area contributed by atoms with E-state index in [1.54, 1.807) is 7.05 Å². The Morgan fingerprint density at radius 1 is 1.50 bits per heavy atom. The van der Waals surface area contributed by atoms with E-state index in [-0.39, 0.29) is 30.1 Å². The Labute approximate surface area is 117 Å². The molecule has 1 aliphatic carbocycles. The molecule has 110 valence electrons. The van der Waals surface area contributed by atoms with Gasteiger partial charge in [-0.05, 0) is 19.3 Å². The van der Waals surface area contributed by atoms with Crippen LogP contribution in [0.2, 0.25) is 0 Å². The van der Waals surface area contributed by atoms with Crippen LogP contribution in [0, 0.1) is 0 Å². The summed E-state index contributed by atoms with van der Waals surface area (Å²) in [5, 5.41) is 9.59. The van der Waals surface area contributed by atoms with E-state index in [0.717, 1.165) is 31.4 Å². The van der Waals surface area contributed by atoms with Crippen LogP contribution in [0.3, 0.4) is 0 Å². The lowest BCUT2D eigenvalue weighted by molar-refractivity contribution is -0.121. The zero-order chi connectivity index (χ0) is 14.7. The molecular formula is C13H21N5O2. The zero-order valence-corrected chi connectivity index (χ0v) is 11.9. The number of carbonyl (C=O) groups excluding carboxylic acids is 2. The van der Waals surface area contributed by atoms with Crippen molar-refractivity contribution < 1.29 is 9.59 Å². The molecule has 2 amide bonds. The van der Waals surface area contributed by atoms with Gasteiger partial charge in [-0.2, -0.15) is 5.10 Å². The van der Waals surface area contributed by atoms with Crippen molar-refractivity contribution in [3.05, 3.63) is 11.4 Å². The highest BCUT2D eigenvalue weighted by molar-refractivity contribution is 5.99. The van der Waals surface area contributed by atoms with E-state index in [9.17, 15) is 9.59 Å². The van der Waals surface area contributed by atoms with Gasteiger partial charge in [0.15, 0.2) is 5.69 Å². The molecule has 0 saturated heterocycles. The summed E-state index contributed by atoms with van der Waals surface area (Å²) in [7, 11) is 1.57. The van der Waals surface area contributed by atoms with Gasteiger partial charge in [0.25, 0.3) is 5.91 Å². The normalized spacial score (nSPS) is 14.1. The van der Waals surface area contributed by atoms with Crippen LogP contribution in [0.15, 0.2) is 0 Å². The molecular weight excluding hydrogens is 258 g/mol. The molecule has 2 rings (SSSR count). The van der Waals surface area contributed by atoms with E-state index >= 15 is 0 Å². The van der Waals surface area contributed by atoms with E-state index in [1.807, 2.05) is 6.92 Å². The first kappa shape index (κ1) is 14.4. The summed E-state index contributed by atoms with van der Waals surface area (Å²) in [6, 6.07) is 0.289. The van der Waals surface area contributed by atoms with E-state index in [4.69, 9.17) is 5.73 Å². The molecule has 0 spiro atoms. The number of nitrogens with two attached hydrogens (primary N) is 1. The van der Waals surface area contributed by atoms with E-state index in [0.29, 0.717) is 5.69 Å². The Morgan fingerprint density at radius 2 is 2.20 bits per heavy atom. The van der Waals surface area contributed by atoms with Gasteiger partial charge in [-0.15, -0.1) is 0 Å². The van der Waals surface area contributed by atoms with Gasteiger partial charge in [0.05, 0.1) is 17.9 Å². The predicted molar refractivity (Wildman–Crippen MR) is 75.1 cm³/mol. The fourth-order valence-corrected chi connectivity index (χ4v) is 1.96. The van der Waals surface area contributed by atoms with Crippen molar-refractivity contribution in [2.45, 2.75) is 38.6 Å². The van der Waals surface area contributed by atoms with Gasteiger partial charge in [0.1, 0.15) is 0 Å². The number of carbonyl (C=O) groups is 2. The Hall–Kier alpha value is -2.05. The van der Waals surface area contributed by atoms with Crippen molar-refractivity contribution in [1.82, 2.24) is 20.4 Å². The van der Waals surface area contributed by atoms with E-state index in [1.165, 1.54) is 4.90 Å². The third kappa shape index (κ3) is 3.28. The lowest BCUT2D eigenvalue weighted by Gasteiger charge is -2.15. The fourth-order valence-electron chi connectivity index (χ4n) is 1.96. The van der Waals surface area contributed by atoms with Gasteiger partial charge in [-0.3, -0.25) is 14.7 Å². The highest BCUT2D eigenvalue weighted by Crippen LogP contribution is 2.19. The van der Waals surface area contributed by atoms with Gasteiger partial charge < -0.3 is 16.0 Å². The van der Waals surface area contributed by atoms with Crippen LogP contribution in [-0.4, -0.2) is 46.5 Å². The summed E-state index contributed by atoms with van der Waals surface area (Å²) < 4.78 is 0. The van der Waals surface area contributed by atoms with Crippen molar-refractivity contribution in [2.24, 2.45) is 0 Å². The third-order valence-corrected chi connectivity index (χ3v) is 3.26. The summed E-state index contributed by atoms with van der Waals surface area (Å²) in [5.74, 6) is -0.488. The van der Waals surface area contributed by atoms with Crippen LogP contribution >= 0.6 is 0 Å². The van der Waals surface area contributed by atoms with Crippen molar-refractivity contribution in [1.29, 1.82) is 0 Å². The first-order valence-corrected chi connectivity index (χ1v) is 6.90. The maximum Gasteiger partial charge on any atom is 0.276 e. The number of anilines is 1. The maximum atomic E-state index is 12.2. The number of hydrogen-bond acceptors (Lipinski definition) is 4. The average Bonchev–Trinajstić information content (AvgIpc) is 3.13. The van der Waals surface area contributed by atoms with Crippen molar-refractivity contribution in [3.8, 4) is 0 Å². The number of amides is 2. The molecule has 7 heteroatoms. The van der Waals surface area contributed by atoms with Gasteiger partial charge >= 0.3 is 0 Å². The van der Waals surface area contributed by atoms with Gasteiger partial charge in [-0.25, -0.2) is 0 Å². The summed E-state index contributed by atoms with van der Waals surface area (Å²) in [6.07, 6.45) is 3.71. The minimum absolute atomic E-state index is 0.0186. The van der Waals surface area contributed by atoms with Crippen LogP contribution in [0.4, 0.5) is 5.69 Å². The molecule has 1 aromatic heterocycles. The van der Waals surface area contributed by atoms with E-state index < -0.39 is 0 Å². The summed E-state index contributed by atoms with van der Waals surface area (Å²) in [4.78, 5) is 25.2. The molecule has 0 unspecified atom stereocenters. The Balaban J connectivity index is 1.96. The highest BCUT2D eigenvalue weighted by Gasteiger charge is 2.26. The third-order valence-electron chi connectivity index (χ3n) is 3.26. The van der Waals surface area contributed by atoms with Crippen molar-refractivity contribution in [2.75, 3.05) is 19.3 Å². The largest absolute Gasteiger partial charge is 0.395 e. The Morgan fingerprint density at radius 3 is 2.80 bits per heavy atom.